The molecule has 0 aliphatic carbocycles. The second kappa shape index (κ2) is 10.2. The van der Waals surface area contributed by atoms with Crippen LogP contribution in [0.25, 0.3) is 0 Å². The van der Waals surface area contributed by atoms with E-state index in [2.05, 4.69) is 5.92 Å². The fourth-order valence-electron chi connectivity index (χ4n) is 2.01. The van der Waals surface area contributed by atoms with E-state index in [4.69, 9.17) is 16.3 Å². The minimum Gasteiger partial charge on any atom is -0.426 e. The van der Waals surface area contributed by atoms with Crippen LogP contribution in [0.2, 0.25) is 0 Å². The van der Waals surface area contributed by atoms with E-state index < -0.39 is 0 Å². The van der Waals surface area contributed by atoms with Gasteiger partial charge in [-0.3, -0.25) is 4.79 Å². The van der Waals surface area contributed by atoms with Crippen molar-refractivity contribution in [2.24, 2.45) is 0 Å². The highest BCUT2D eigenvalue weighted by molar-refractivity contribution is 5.80. The first-order valence-corrected chi connectivity index (χ1v) is 7.01. The predicted molar refractivity (Wildman–Crippen MR) is 87.5 cm³/mol. The van der Waals surface area contributed by atoms with Crippen LogP contribution >= 0.6 is 0 Å². The lowest BCUT2D eigenvalue weighted by Gasteiger charge is -2.15. The van der Waals surface area contributed by atoms with E-state index in [1.165, 1.54) is 0 Å². The van der Waals surface area contributed by atoms with E-state index in [1.807, 2.05) is 48.5 Å². The van der Waals surface area contributed by atoms with Gasteiger partial charge in [-0.05, 0) is 24.1 Å². The van der Waals surface area contributed by atoms with E-state index in [9.17, 15) is 4.79 Å². The highest BCUT2D eigenvalue weighted by Crippen LogP contribution is 2.24. The molecule has 3 heteroatoms. The lowest BCUT2D eigenvalue weighted by atomic mass is 9.94. The first kappa shape index (κ1) is 17.5. The largest absolute Gasteiger partial charge is 0.426 e. The highest BCUT2D eigenvalue weighted by atomic mass is 16.5. The maximum atomic E-state index is 12.3. The Hall–Kier alpha value is -2.57. The molecule has 1 N–H and O–H groups in total. The fraction of sp³-hybridized carbons (Fsp3) is 0.211. The molecule has 114 valence electrons. The number of carbonyl (C=O) groups is 1. The van der Waals surface area contributed by atoms with Gasteiger partial charge in [-0.25, -0.2) is 0 Å². The number of hydrogen-bond donors (Lipinski definition) is 1. The molecule has 22 heavy (non-hydrogen) atoms. The molecule has 2 rings (SSSR count). The summed E-state index contributed by atoms with van der Waals surface area (Å²) in [5.41, 5.74) is 0.934. The van der Waals surface area contributed by atoms with Gasteiger partial charge in [0.15, 0.2) is 0 Å². The van der Waals surface area contributed by atoms with Gasteiger partial charge in [0.1, 0.15) is 5.75 Å². The molecular weight excluding hydrogens is 276 g/mol. The molecule has 2 aromatic carbocycles. The Labute approximate surface area is 131 Å². The van der Waals surface area contributed by atoms with Crippen LogP contribution in [0.1, 0.15) is 24.3 Å². The molecule has 0 aromatic heterocycles. The average Bonchev–Trinajstić information content (AvgIpc) is 2.59. The summed E-state index contributed by atoms with van der Waals surface area (Å²) in [7, 11) is 1.00. The molecule has 3 nitrogen and oxygen atoms in total. The molecule has 1 atom stereocenters. The van der Waals surface area contributed by atoms with Gasteiger partial charge < -0.3 is 9.84 Å². The first-order chi connectivity index (χ1) is 10.8. The van der Waals surface area contributed by atoms with Gasteiger partial charge in [-0.2, -0.15) is 0 Å². The third kappa shape index (κ3) is 5.43. The van der Waals surface area contributed by atoms with E-state index in [-0.39, 0.29) is 11.9 Å². The highest BCUT2D eigenvalue weighted by Gasteiger charge is 2.22. The standard InChI is InChI=1S/C18H16O2.CH4O/c1-2-3-14-17(15-10-6-4-7-11-15)18(19)20-16-12-8-5-9-13-16;1-2/h1,4-13,17H,3,14H2;2H,1H3. The lowest BCUT2D eigenvalue weighted by Crippen LogP contribution is -2.18. The summed E-state index contributed by atoms with van der Waals surface area (Å²) in [4.78, 5) is 12.3. The van der Waals surface area contributed by atoms with Crippen LogP contribution in [0.5, 0.6) is 5.75 Å². The molecule has 0 spiro atoms. The molecule has 0 aliphatic heterocycles. The summed E-state index contributed by atoms with van der Waals surface area (Å²) >= 11 is 0. The maximum Gasteiger partial charge on any atom is 0.318 e. The number of ether oxygens (including phenoxy) is 1. The van der Waals surface area contributed by atoms with Gasteiger partial charge >= 0.3 is 5.97 Å². The maximum absolute atomic E-state index is 12.3. The summed E-state index contributed by atoms with van der Waals surface area (Å²) in [6.45, 7) is 0. The van der Waals surface area contributed by atoms with Crippen molar-refractivity contribution < 1.29 is 14.6 Å². The molecule has 0 saturated carbocycles. The van der Waals surface area contributed by atoms with Crippen LogP contribution in [0.3, 0.4) is 0 Å². The van der Waals surface area contributed by atoms with Crippen molar-refractivity contribution >= 4 is 5.97 Å². The number of benzene rings is 2. The lowest BCUT2D eigenvalue weighted by molar-refractivity contribution is -0.136. The van der Waals surface area contributed by atoms with Gasteiger partial charge in [-0.15, -0.1) is 12.3 Å². The van der Waals surface area contributed by atoms with Gasteiger partial charge in [0, 0.05) is 13.5 Å². The minimum absolute atomic E-state index is 0.266. The van der Waals surface area contributed by atoms with Crippen LogP contribution < -0.4 is 4.74 Å². The first-order valence-electron chi connectivity index (χ1n) is 7.01. The molecule has 0 bridgehead atoms. The summed E-state index contributed by atoms with van der Waals surface area (Å²) in [6.07, 6.45) is 6.44. The van der Waals surface area contributed by atoms with Crippen LogP contribution in [-0.2, 0) is 4.79 Å². The van der Waals surface area contributed by atoms with Crippen molar-refractivity contribution in [3.8, 4) is 18.1 Å². The minimum atomic E-state index is -0.326. The Morgan fingerprint density at radius 3 is 2.18 bits per heavy atom. The third-order valence-corrected chi connectivity index (χ3v) is 3.03. The van der Waals surface area contributed by atoms with Crippen LogP contribution in [0.15, 0.2) is 60.7 Å². The summed E-state index contributed by atoms with van der Waals surface area (Å²) in [5.74, 6) is 2.54. The van der Waals surface area contributed by atoms with Crippen molar-refractivity contribution in [2.45, 2.75) is 18.8 Å². The van der Waals surface area contributed by atoms with Crippen LogP contribution in [0, 0.1) is 12.3 Å². The van der Waals surface area contributed by atoms with Crippen molar-refractivity contribution in [3.63, 3.8) is 0 Å². The number of carbonyl (C=O) groups excluding carboxylic acids is 1. The Morgan fingerprint density at radius 1 is 1.09 bits per heavy atom. The molecule has 0 saturated heterocycles. The van der Waals surface area contributed by atoms with Crippen molar-refractivity contribution in [3.05, 3.63) is 66.2 Å². The number of para-hydroxylation sites is 1. The summed E-state index contributed by atoms with van der Waals surface area (Å²) in [5, 5.41) is 7.00. The molecule has 0 fully saturated rings. The molecule has 0 radical (unpaired) electrons. The van der Waals surface area contributed by atoms with Crippen molar-refractivity contribution in [2.75, 3.05) is 7.11 Å². The summed E-state index contributed by atoms with van der Waals surface area (Å²) < 4.78 is 5.42. The second-order valence-corrected chi connectivity index (χ2v) is 4.44. The quantitative estimate of drug-likeness (QED) is 0.522. The summed E-state index contributed by atoms with van der Waals surface area (Å²) in [6, 6.07) is 18.7. The molecule has 0 heterocycles. The number of aliphatic hydroxyl groups is 1. The van der Waals surface area contributed by atoms with Crippen LogP contribution in [0.4, 0.5) is 0 Å². The molecule has 0 amide bonds. The van der Waals surface area contributed by atoms with Gasteiger partial charge in [0.2, 0.25) is 0 Å². The van der Waals surface area contributed by atoms with E-state index in [1.54, 1.807) is 12.1 Å². The number of terminal acetylenes is 1. The molecular formula is C19H20O3. The molecule has 0 aliphatic rings. The fourth-order valence-corrected chi connectivity index (χ4v) is 2.01. The Bertz CT molecular complexity index is 585. The number of rotatable bonds is 5. The zero-order valence-corrected chi connectivity index (χ0v) is 12.6. The zero-order chi connectivity index (χ0) is 16.2. The monoisotopic (exact) mass is 296 g/mol. The Morgan fingerprint density at radius 2 is 1.64 bits per heavy atom. The van der Waals surface area contributed by atoms with Gasteiger partial charge in [0.05, 0.1) is 5.92 Å². The number of hydrogen-bond acceptors (Lipinski definition) is 3. The smallest absolute Gasteiger partial charge is 0.318 e. The van der Waals surface area contributed by atoms with Gasteiger partial charge in [-0.1, -0.05) is 48.5 Å². The average molecular weight is 296 g/mol. The molecule has 1 unspecified atom stereocenters. The van der Waals surface area contributed by atoms with E-state index in [0.717, 1.165) is 12.7 Å². The van der Waals surface area contributed by atoms with E-state index in [0.29, 0.717) is 18.6 Å². The second-order valence-electron chi connectivity index (χ2n) is 4.44. The normalized spacial score (nSPS) is 10.6. The van der Waals surface area contributed by atoms with Gasteiger partial charge in [0.25, 0.3) is 0 Å². The zero-order valence-electron chi connectivity index (χ0n) is 12.6. The SMILES string of the molecule is C#CCCC(C(=O)Oc1ccccc1)c1ccccc1.CO. The Balaban J connectivity index is 0.00000116. The Kier molecular flexibility index (Phi) is 8.10. The number of aliphatic hydroxyl groups excluding tert-OH is 1. The topological polar surface area (TPSA) is 46.5 Å². The van der Waals surface area contributed by atoms with Crippen molar-refractivity contribution in [1.29, 1.82) is 0 Å². The number of esters is 1. The van der Waals surface area contributed by atoms with Crippen molar-refractivity contribution in [1.82, 2.24) is 0 Å². The van der Waals surface area contributed by atoms with Crippen LogP contribution in [-0.4, -0.2) is 18.2 Å². The third-order valence-electron chi connectivity index (χ3n) is 3.03. The van der Waals surface area contributed by atoms with E-state index >= 15 is 0 Å². The predicted octanol–water partition coefficient (Wildman–Crippen LogP) is 3.40. The molecule has 2 aromatic rings.